The molecule has 2 heterocycles. The van der Waals surface area contributed by atoms with Crippen LogP contribution in [0.15, 0.2) is 0 Å². The van der Waals surface area contributed by atoms with Gasteiger partial charge in [0, 0.05) is 25.2 Å². The number of nitrogens with two attached hydrogens (primary N) is 1. The van der Waals surface area contributed by atoms with Gasteiger partial charge in [-0.1, -0.05) is 20.3 Å². The van der Waals surface area contributed by atoms with E-state index < -0.39 is 6.04 Å². The highest BCUT2D eigenvalue weighted by molar-refractivity contribution is 5.87. The minimum absolute atomic E-state index is 0.00188. The lowest BCUT2D eigenvalue weighted by atomic mass is 9.97. The number of piperazine rings is 1. The number of fused-ring (bicyclic) bond motifs is 1. The summed E-state index contributed by atoms with van der Waals surface area (Å²) in [5.41, 5.74) is 5.80. The van der Waals surface area contributed by atoms with E-state index in [2.05, 4.69) is 17.1 Å². The van der Waals surface area contributed by atoms with Crippen molar-refractivity contribution in [1.29, 1.82) is 0 Å². The van der Waals surface area contributed by atoms with E-state index in [9.17, 15) is 9.59 Å². The maximum Gasteiger partial charge on any atom is 0.242 e. The van der Waals surface area contributed by atoms with E-state index in [1.807, 2.05) is 18.7 Å². The van der Waals surface area contributed by atoms with E-state index in [0.29, 0.717) is 6.04 Å². The van der Waals surface area contributed by atoms with Crippen molar-refractivity contribution in [3.63, 3.8) is 0 Å². The van der Waals surface area contributed by atoms with Crippen LogP contribution in [-0.4, -0.2) is 65.9 Å². The van der Waals surface area contributed by atoms with Crippen LogP contribution in [0.3, 0.4) is 0 Å². The molecule has 22 heavy (non-hydrogen) atoms. The van der Waals surface area contributed by atoms with Crippen molar-refractivity contribution in [2.24, 2.45) is 11.7 Å². The van der Waals surface area contributed by atoms with Crippen LogP contribution < -0.4 is 11.1 Å². The van der Waals surface area contributed by atoms with Crippen molar-refractivity contribution in [1.82, 2.24) is 15.1 Å². The summed E-state index contributed by atoms with van der Waals surface area (Å²) in [6, 6.07) is 0.139. The summed E-state index contributed by atoms with van der Waals surface area (Å²) in [6.07, 6.45) is 3.68. The zero-order valence-corrected chi connectivity index (χ0v) is 14.0. The molecule has 2 aliphatic rings. The SMILES string of the molecule is CC(C)[C@H](N)C(=O)NCC(=O)N1CC2CCCCN2CC1C. The number of rotatable bonds is 4. The Morgan fingerprint density at radius 1 is 1.27 bits per heavy atom. The lowest BCUT2D eigenvalue weighted by Gasteiger charge is -2.47. The second-order valence-electron chi connectivity index (χ2n) is 7.03. The molecule has 2 unspecified atom stereocenters. The monoisotopic (exact) mass is 310 g/mol. The molecule has 2 saturated heterocycles. The number of piperidine rings is 1. The van der Waals surface area contributed by atoms with E-state index in [4.69, 9.17) is 5.73 Å². The van der Waals surface area contributed by atoms with Crippen LogP contribution in [-0.2, 0) is 9.59 Å². The third kappa shape index (κ3) is 3.98. The van der Waals surface area contributed by atoms with Crippen LogP contribution >= 0.6 is 0 Å². The van der Waals surface area contributed by atoms with Crippen LogP contribution in [0.5, 0.6) is 0 Å². The minimum Gasteiger partial charge on any atom is -0.346 e. The Bertz CT molecular complexity index is 413. The molecule has 0 aromatic heterocycles. The molecule has 2 rings (SSSR count). The van der Waals surface area contributed by atoms with E-state index in [1.165, 1.54) is 19.3 Å². The summed E-state index contributed by atoms with van der Waals surface area (Å²) >= 11 is 0. The molecule has 126 valence electrons. The maximum atomic E-state index is 12.4. The minimum atomic E-state index is -0.555. The summed E-state index contributed by atoms with van der Waals surface area (Å²) in [4.78, 5) is 28.7. The first kappa shape index (κ1) is 17.2. The van der Waals surface area contributed by atoms with Gasteiger partial charge in [-0.25, -0.2) is 0 Å². The molecule has 0 aromatic carbocycles. The first-order valence-electron chi connectivity index (χ1n) is 8.47. The predicted octanol–water partition coefficient (Wildman–Crippen LogP) is 0.171. The third-order valence-electron chi connectivity index (χ3n) is 4.94. The van der Waals surface area contributed by atoms with Gasteiger partial charge in [-0.05, 0) is 32.2 Å². The molecular formula is C16H30N4O2. The average molecular weight is 310 g/mol. The molecule has 0 aromatic rings. The van der Waals surface area contributed by atoms with Gasteiger partial charge in [0.05, 0.1) is 12.6 Å². The Hall–Kier alpha value is -1.14. The first-order chi connectivity index (χ1) is 10.4. The second kappa shape index (κ2) is 7.42. The Morgan fingerprint density at radius 2 is 2.00 bits per heavy atom. The molecule has 0 saturated carbocycles. The standard InChI is InChI=1S/C16H30N4O2/c1-11(2)15(17)16(22)18-8-14(21)20-10-13-6-4-5-7-19(13)9-12(20)3/h11-13,15H,4-10,17H2,1-3H3,(H,18,22)/t12?,13?,15-/m0/s1. The lowest BCUT2D eigenvalue weighted by molar-refractivity contribution is -0.139. The molecule has 6 heteroatoms. The fourth-order valence-corrected chi connectivity index (χ4v) is 3.38. The smallest absolute Gasteiger partial charge is 0.242 e. The van der Waals surface area contributed by atoms with Crippen molar-refractivity contribution in [3.05, 3.63) is 0 Å². The van der Waals surface area contributed by atoms with Gasteiger partial charge in [0.1, 0.15) is 0 Å². The van der Waals surface area contributed by atoms with Gasteiger partial charge in [-0.15, -0.1) is 0 Å². The summed E-state index contributed by atoms with van der Waals surface area (Å²) in [5.74, 6) is -0.172. The molecule has 2 aliphatic heterocycles. The van der Waals surface area contributed by atoms with Crippen LogP contribution in [0.4, 0.5) is 0 Å². The summed E-state index contributed by atoms with van der Waals surface area (Å²) in [6.45, 7) is 8.81. The molecule has 2 amide bonds. The number of nitrogens with one attached hydrogen (secondary N) is 1. The van der Waals surface area contributed by atoms with E-state index in [1.54, 1.807) is 0 Å². The molecule has 0 aliphatic carbocycles. The maximum absolute atomic E-state index is 12.4. The van der Waals surface area contributed by atoms with Gasteiger partial charge in [0.15, 0.2) is 0 Å². The molecule has 3 N–H and O–H groups in total. The molecule has 0 bridgehead atoms. The van der Waals surface area contributed by atoms with Gasteiger partial charge in [-0.2, -0.15) is 0 Å². The Morgan fingerprint density at radius 3 is 2.68 bits per heavy atom. The first-order valence-corrected chi connectivity index (χ1v) is 8.47. The number of amides is 2. The largest absolute Gasteiger partial charge is 0.346 e. The van der Waals surface area contributed by atoms with Crippen molar-refractivity contribution in [2.75, 3.05) is 26.2 Å². The number of nitrogens with zero attached hydrogens (tertiary/aromatic N) is 2. The number of carbonyl (C=O) groups is 2. The molecule has 3 atom stereocenters. The number of hydrogen-bond donors (Lipinski definition) is 2. The highest BCUT2D eigenvalue weighted by Gasteiger charge is 2.35. The number of hydrogen-bond acceptors (Lipinski definition) is 4. The topological polar surface area (TPSA) is 78.7 Å². The van der Waals surface area contributed by atoms with Gasteiger partial charge < -0.3 is 16.0 Å². The highest BCUT2D eigenvalue weighted by atomic mass is 16.2. The Labute approximate surface area is 133 Å². The zero-order chi connectivity index (χ0) is 16.3. The normalized spacial score (nSPS) is 27.4. The van der Waals surface area contributed by atoms with E-state index >= 15 is 0 Å². The quantitative estimate of drug-likeness (QED) is 0.776. The van der Waals surface area contributed by atoms with Crippen LogP contribution in [0.25, 0.3) is 0 Å². The van der Waals surface area contributed by atoms with E-state index in [0.717, 1.165) is 19.6 Å². The van der Waals surface area contributed by atoms with Gasteiger partial charge in [0.25, 0.3) is 0 Å². The zero-order valence-electron chi connectivity index (χ0n) is 14.0. The molecule has 0 radical (unpaired) electrons. The van der Waals surface area contributed by atoms with E-state index in [-0.39, 0.29) is 30.3 Å². The van der Waals surface area contributed by atoms with Gasteiger partial charge in [-0.3, -0.25) is 14.5 Å². The van der Waals surface area contributed by atoms with Gasteiger partial charge >= 0.3 is 0 Å². The lowest BCUT2D eigenvalue weighted by Crippen LogP contribution is -2.61. The average Bonchev–Trinajstić information content (AvgIpc) is 2.50. The Kier molecular flexibility index (Phi) is 5.81. The van der Waals surface area contributed by atoms with Crippen molar-refractivity contribution in [3.8, 4) is 0 Å². The summed E-state index contributed by atoms with van der Waals surface area (Å²) < 4.78 is 0. The second-order valence-corrected chi connectivity index (χ2v) is 7.03. The predicted molar refractivity (Wildman–Crippen MR) is 86.2 cm³/mol. The van der Waals surface area contributed by atoms with Crippen molar-refractivity contribution in [2.45, 2.75) is 58.2 Å². The Balaban J connectivity index is 1.85. The fraction of sp³-hybridized carbons (Fsp3) is 0.875. The highest BCUT2D eigenvalue weighted by Crippen LogP contribution is 2.23. The third-order valence-corrected chi connectivity index (χ3v) is 4.94. The van der Waals surface area contributed by atoms with Gasteiger partial charge in [0.2, 0.25) is 11.8 Å². The number of carbonyl (C=O) groups excluding carboxylic acids is 2. The molecule has 2 fully saturated rings. The fourth-order valence-electron chi connectivity index (χ4n) is 3.38. The van der Waals surface area contributed by atoms with Crippen LogP contribution in [0.2, 0.25) is 0 Å². The van der Waals surface area contributed by atoms with Crippen LogP contribution in [0, 0.1) is 5.92 Å². The summed E-state index contributed by atoms with van der Waals surface area (Å²) in [7, 11) is 0. The van der Waals surface area contributed by atoms with Crippen molar-refractivity contribution < 1.29 is 9.59 Å². The summed E-state index contributed by atoms with van der Waals surface area (Å²) in [5, 5.41) is 2.68. The molecular weight excluding hydrogens is 280 g/mol. The van der Waals surface area contributed by atoms with Crippen LogP contribution in [0.1, 0.15) is 40.0 Å². The molecule has 6 nitrogen and oxygen atoms in total. The van der Waals surface area contributed by atoms with Crippen molar-refractivity contribution >= 4 is 11.8 Å². The molecule has 0 spiro atoms.